The van der Waals surface area contributed by atoms with Crippen molar-refractivity contribution in [2.24, 2.45) is 5.73 Å². The molecule has 0 bridgehead atoms. The van der Waals surface area contributed by atoms with Gasteiger partial charge in [0.05, 0.1) is 6.54 Å². The van der Waals surface area contributed by atoms with Crippen molar-refractivity contribution < 1.29 is 0 Å². The number of hydrogen-bond acceptors (Lipinski definition) is 3. The third kappa shape index (κ3) is 1.65. The van der Waals surface area contributed by atoms with Crippen molar-refractivity contribution in [2.45, 2.75) is 64.5 Å². The second-order valence-electron chi connectivity index (χ2n) is 4.73. The average molecular weight is 222 g/mol. The van der Waals surface area contributed by atoms with Crippen molar-refractivity contribution in [3.05, 3.63) is 11.6 Å². The molecule has 1 fully saturated rings. The molecule has 0 amide bonds. The summed E-state index contributed by atoms with van der Waals surface area (Å²) in [6.07, 6.45) is 6.32. The Labute approximate surface area is 97.2 Å². The Hall–Kier alpha value is -0.900. The highest BCUT2D eigenvalue weighted by molar-refractivity contribution is 5.13. The monoisotopic (exact) mass is 222 g/mol. The molecule has 0 radical (unpaired) electrons. The predicted octanol–water partition coefficient (Wildman–Crippen LogP) is 1.98. The van der Waals surface area contributed by atoms with E-state index in [-0.39, 0.29) is 5.41 Å². The van der Waals surface area contributed by atoms with Crippen LogP contribution < -0.4 is 5.73 Å². The normalized spacial score (nSPS) is 19.2. The molecule has 1 aromatic rings. The lowest BCUT2D eigenvalue weighted by molar-refractivity contribution is 0.378. The molecule has 0 aliphatic heterocycles. The van der Waals surface area contributed by atoms with E-state index < -0.39 is 0 Å². The molecule has 4 heteroatoms. The maximum atomic E-state index is 5.70. The highest BCUT2D eigenvalue weighted by Gasteiger charge is 2.38. The van der Waals surface area contributed by atoms with Gasteiger partial charge in [0, 0.05) is 12.0 Å². The van der Waals surface area contributed by atoms with Gasteiger partial charge < -0.3 is 10.3 Å². The van der Waals surface area contributed by atoms with E-state index in [4.69, 9.17) is 5.73 Å². The van der Waals surface area contributed by atoms with Crippen molar-refractivity contribution in [3.8, 4) is 0 Å². The summed E-state index contributed by atoms with van der Waals surface area (Å²) in [4.78, 5) is 0. The van der Waals surface area contributed by atoms with Crippen LogP contribution >= 0.6 is 0 Å². The molecule has 1 saturated carbocycles. The number of aromatic nitrogens is 3. The van der Waals surface area contributed by atoms with E-state index >= 15 is 0 Å². The van der Waals surface area contributed by atoms with E-state index in [2.05, 4.69) is 28.6 Å². The summed E-state index contributed by atoms with van der Waals surface area (Å²) in [6.45, 7) is 5.82. The number of rotatable bonds is 4. The Morgan fingerprint density at radius 1 is 1.25 bits per heavy atom. The lowest BCUT2D eigenvalue weighted by Gasteiger charge is -2.26. The fourth-order valence-corrected chi connectivity index (χ4v) is 3.00. The highest BCUT2D eigenvalue weighted by Crippen LogP contribution is 2.42. The van der Waals surface area contributed by atoms with Crippen molar-refractivity contribution >= 4 is 0 Å². The topological polar surface area (TPSA) is 56.7 Å². The van der Waals surface area contributed by atoms with Crippen LogP contribution in [0.5, 0.6) is 0 Å². The zero-order valence-electron chi connectivity index (χ0n) is 10.4. The van der Waals surface area contributed by atoms with Gasteiger partial charge in [-0.1, -0.05) is 19.8 Å². The first-order valence-electron chi connectivity index (χ1n) is 6.40. The Bertz CT molecular complexity index is 350. The highest BCUT2D eigenvalue weighted by atomic mass is 15.3. The molecule has 1 aromatic heterocycles. The zero-order chi connectivity index (χ0) is 11.6. The molecule has 2 rings (SSSR count). The minimum absolute atomic E-state index is 0.274. The molecular weight excluding hydrogens is 200 g/mol. The van der Waals surface area contributed by atoms with Crippen LogP contribution in [0.15, 0.2) is 0 Å². The molecule has 0 saturated heterocycles. The summed E-state index contributed by atoms with van der Waals surface area (Å²) in [5.41, 5.74) is 5.97. The summed E-state index contributed by atoms with van der Waals surface area (Å²) in [6, 6.07) is 0. The molecule has 0 spiro atoms. The van der Waals surface area contributed by atoms with E-state index in [0.717, 1.165) is 18.8 Å². The summed E-state index contributed by atoms with van der Waals surface area (Å²) >= 11 is 0. The van der Waals surface area contributed by atoms with Gasteiger partial charge in [0.1, 0.15) is 11.6 Å². The zero-order valence-corrected chi connectivity index (χ0v) is 10.4. The first-order valence-corrected chi connectivity index (χ1v) is 6.40. The van der Waals surface area contributed by atoms with Crippen LogP contribution in [0.4, 0.5) is 0 Å². The lowest BCUT2D eigenvalue weighted by atomic mass is 9.82. The maximum absolute atomic E-state index is 5.70. The van der Waals surface area contributed by atoms with Gasteiger partial charge in [-0.05, 0) is 26.2 Å². The molecule has 0 aromatic carbocycles. The van der Waals surface area contributed by atoms with Gasteiger partial charge in [0.15, 0.2) is 0 Å². The molecule has 0 unspecified atom stereocenters. The average Bonchev–Trinajstić information content (AvgIpc) is 2.95. The first-order chi connectivity index (χ1) is 7.77. The van der Waals surface area contributed by atoms with Crippen LogP contribution in [-0.4, -0.2) is 14.8 Å². The van der Waals surface area contributed by atoms with Gasteiger partial charge in [0.2, 0.25) is 0 Å². The smallest absolute Gasteiger partial charge is 0.146 e. The molecule has 2 N–H and O–H groups in total. The van der Waals surface area contributed by atoms with Crippen LogP contribution in [-0.2, 0) is 18.5 Å². The van der Waals surface area contributed by atoms with Gasteiger partial charge >= 0.3 is 0 Å². The second-order valence-corrected chi connectivity index (χ2v) is 4.73. The molecule has 1 aliphatic rings. The lowest BCUT2D eigenvalue weighted by Crippen LogP contribution is -2.26. The predicted molar refractivity (Wildman–Crippen MR) is 64.0 cm³/mol. The Morgan fingerprint density at radius 3 is 2.44 bits per heavy atom. The molecule has 1 heterocycles. The molecule has 90 valence electrons. The summed E-state index contributed by atoms with van der Waals surface area (Å²) in [5.74, 6) is 2.10. The Morgan fingerprint density at radius 2 is 1.94 bits per heavy atom. The van der Waals surface area contributed by atoms with Crippen molar-refractivity contribution in [1.82, 2.24) is 14.8 Å². The van der Waals surface area contributed by atoms with Crippen molar-refractivity contribution in [3.63, 3.8) is 0 Å². The fraction of sp³-hybridized carbons (Fsp3) is 0.833. The number of nitrogens with zero attached hydrogens (tertiary/aromatic N) is 3. The number of hydrogen-bond donors (Lipinski definition) is 1. The van der Waals surface area contributed by atoms with E-state index in [1.54, 1.807) is 0 Å². The second kappa shape index (κ2) is 4.53. The van der Waals surface area contributed by atoms with Crippen LogP contribution in [0.3, 0.4) is 0 Å². The third-order valence-corrected chi connectivity index (χ3v) is 4.04. The third-order valence-electron chi connectivity index (χ3n) is 4.04. The minimum atomic E-state index is 0.274. The summed E-state index contributed by atoms with van der Waals surface area (Å²) in [7, 11) is 0. The van der Waals surface area contributed by atoms with Crippen LogP contribution in [0.25, 0.3) is 0 Å². The van der Waals surface area contributed by atoms with Gasteiger partial charge in [-0.25, -0.2) is 0 Å². The SMILES string of the molecule is CCn1c(CN)nnc1C1(CC)CCCC1. The van der Waals surface area contributed by atoms with Gasteiger partial charge in [-0.3, -0.25) is 0 Å². The first kappa shape index (κ1) is 11.6. The molecular formula is C12H22N4. The quantitative estimate of drug-likeness (QED) is 0.847. The Kier molecular flexibility index (Phi) is 3.28. The van der Waals surface area contributed by atoms with Crippen molar-refractivity contribution in [1.29, 1.82) is 0 Å². The van der Waals surface area contributed by atoms with E-state index in [1.165, 1.54) is 31.5 Å². The van der Waals surface area contributed by atoms with Gasteiger partial charge in [0.25, 0.3) is 0 Å². The van der Waals surface area contributed by atoms with Crippen LogP contribution in [0, 0.1) is 0 Å². The summed E-state index contributed by atoms with van der Waals surface area (Å²) < 4.78 is 2.22. The van der Waals surface area contributed by atoms with Crippen LogP contribution in [0.1, 0.15) is 57.6 Å². The minimum Gasteiger partial charge on any atom is -0.324 e. The Balaban J connectivity index is 2.41. The van der Waals surface area contributed by atoms with E-state index in [1.807, 2.05) is 0 Å². The molecule has 4 nitrogen and oxygen atoms in total. The van der Waals surface area contributed by atoms with Gasteiger partial charge in [-0.2, -0.15) is 0 Å². The maximum Gasteiger partial charge on any atom is 0.146 e. The van der Waals surface area contributed by atoms with Gasteiger partial charge in [-0.15, -0.1) is 10.2 Å². The number of nitrogens with two attached hydrogens (primary N) is 1. The van der Waals surface area contributed by atoms with E-state index in [0.29, 0.717) is 6.54 Å². The molecule has 0 atom stereocenters. The van der Waals surface area contributed by atoms with Crippen molar-refractivity contribution in [2.75, 3.05) is 0 Å². The molecule has 1 aliphatic carbocycles. The summed E-state index contributed by atoms with van der Waals surface area (Å²) in [5, 5.41) is 8.65. The standard InChI is InChI=1S/C12H22N4/c1-3-12(7-5-6-8-12)11-15-14-10(9-13)16(11)4-2/h3-9,13H2,1-2H3. The van der Waals surface area contributed by atoms with E-state index in [9.17, 15) is 0 Å². The molecule has 16 heavy (non-hydrogen) atoms. The largest absolute Gasteiger partial charge is 0.324 e. The fourth-order valence-electron chi connectivity index (χ4n) is 3.00. The van der Waals surface area contributed by atoms with Crippen LogP contribution in [0.2, 0.25) is 0 Å².